The molecule has 0 spiro atoms. The lowest BCUT2D eigenvalue weighted by molar-refractivity contribution is 1.34. The second kappa shape index (κ2) is 7.97. The maximum Gasteiger partial charge on any atom is 0.0878 e. The van der Waals surface area contributed by atoms with E-state index in [9.17, 15) is 0 Å². The van der Waals surface area contributed by atoms with E-state index in [1.165, 1.54) is 5.39 Å². The molecule has 0 fully saturated rings. The van der Waals surface area contributed by atoms with Gasteiger partial charge in [-0.1, -0.05) is 0 Å². The van der Waals surface area contributed by atoms with Crippen molar-refractivity contribution in [1.82, 2.24) is 29.9 Å². The Hall–Kier alpha value is -3.93. The van der Waals surface area contributed by atoms with E-state index in [-0.39, 0.29) is 0 Å². The molecule has 6 aromatic rings. The molecule has 132 valence electrons. The summed E-state index contributed by atoms with van der Waals surface area (Å²) in [6.45, 7) is 0. The maximum atomic E-state index is 4.11. The predicted molar refractivity (Wildman–Crippen MR) is 108 cm³/mol. The average Bonchev–Trinajstić information content (AvgIpc) is 3.48. The molecule has 27 heavy (non-hydrogen) atoms. The van der Waals surface area contributed by atoms with Gasteiger partial charge in [0.15, 0.2) is 0 Å². The normalized spacial score (nSPS) is 10.2. The monoisotopic (exact) mass is 354 g/mol. The molecule has 0 unspecified atom stereocenters. The fourth-order valence-corrected chi connectivity index (χ4v) is 2.67. The van der Waals surface area contributed by atoms with Gasteiger partial charge in [-0.25, -0.2) is 0 Å². The van der Waals surface area contributed by atoms with Gasteiger partial charge in [0.25, 0.3) is 0 Å². The molecule has 0 radical (unpaired) electrons. The largest absolute Gasteiger partial charge is 0.361 e. The maximum absolute atomic E-state index is 4.11. The summed E-state index contributed by atoms with van der Waals surface area (Å²) in [5.74, 6) is 0. The van der Waals surface area contributed by atoms with Crippen molar-refractivity contribution in [2.45, 2.75) is 0 Å². The smallest absolute Gasteiger partial charge is 0.0878 e. The molecule has 0 amide bonds. The highest BCUT2D eigenvalue weighted by atomic mass is 14.7. The van der Waals surface area contributed by atoms with E-state index in [1.807, 2.05) is 73.4 Å². The van der Waals surface area contributed by atoms with Crippen LogP contribution in [0.15, 0.2) is 92.0 Å². The molecule has 6 heterocycles. The number of pyridine rings is 3. The average molecular weight is 354 g/mol. The number of aromatic nitrogens is 6. The van der Waals surface area contributed by atoms with Gasteiger partial charge >= 0.3 is 0 Å². The van der Waals surface area contributed by atoms with E-state index in [1.54, 1.807) is 18.6 Å². The highest BCUT2D eigenvalue weighted by Gasteiger charge is 1.89. The van der Waals surface area contributed by atoms with Crippen molar-refractivity contribution in [2.75, 3.05) is 0 Å². The van der Waals surface area contributed by atoms with Crippen LogP contribution in [0.5, 0.6) is 0 Å². The minimum Gasteiger partial charge on any atom is -0.361 e. The molecule has 6 aromatic heterocycles. The van der Waals surface area contributed by atoms with Crippen LogP contribution in [-0.2, 0) is 0 Å². The van der Waals surface area contributed by atoms with Crippen molar-refractivity contribution < 1.29 is 0 Å². The highest BCUT2D eigenvalue weighted by molar-refractivity contribution is 5.78. The Labute approximate surface area is 155 Å². The van der Waals surface area contributed by atoms with Gasteiger partial charge in [-0.2, -0.15) is 0 Å². The molecule has 0 saturated carbocycles. The first-order chi connectivity index (χ1) is 13.4. The first-order valence-electron chi connectivity index (χ1n) is 8.52. The molecule has 0 aliphatic heterocycles. The molecule has 6 heteroatoms. The zero-order chi connectivity index (χ0) is 18.3. The standard InChI is InChI=1S/3C7H6N2/c1-4-9-7-2-3-8-5-6(1)7;1-3-8-5-7-6(1)2-4-9-7;1-2-6-7(8-4-1)3-5-9-6/h3*1-5,9H. The Balaban J connectivity index is 0.0000001000. The first kappa shape index (κ1) is 16.5. The zero-order valence-corrected chi connectivity index (χ0v) is 14.5. The number of nitrogens with zero attached hydrogens (tertiary/aromatic N) is 3. The van der Waals surface area contributed by atoms with E-state index in [0.717, 1.165) is 27.5 Å². The predicted octanol–water partition coefficient (Wildman–Crippen LogP) is 4.69. The lowest BCUT2D eigenvalue weighted by Crippen LogP contribution is -1.68. The Bertz CT molecular complexity index is 1000. The first-order valence-corrected chi connectivity index (χ1v) is 8.52. The van der Waals surface area contributed by atoms with Crippen molar-refractivity contribution >= 4 is 32.8 Å². The molecule has 0 saturated heterocycles. The summed E-state index contributed by atoms with van der Waals surface area (Å²) in [6.07, 6.45) is 14.7. The van der Waals surface area contributed by atoms with Gasteiger partial charge < -0.3 is 15.0 Å². The van der Waals surface area contributed by atoms with Crippen LogP contribution in [0.2, 0.25) is 0 Å². The molecular formula is C21H18N6. The second-order valence-corrected chi connectivity index (χ2v) is 5.80. The zero-order valence-electron chi connectivity index (χ0n) is 14.5. The van der Waals surface area contributed by atoms with E-state index in [4.69, 9.17) is 0 Å². The molecule has 0 aliphatic carbocycles. The van der Waals surface area contributed by atoms with Gasteiger partial charge in [0.05, 0.1) is 22.7 Å². The summed E-state index contributed by atoms with van der Waals surface area (Å²) in [4.78, 5) is 21.2. The van der Waals surface area contributed by atoms with Gasteiger partial charge in [-0.3, -0.25) is 15.0 Å². The SMILES string of the molecule is c1cc2[nH]ccc2cn1.c1cc2cc[nH]c2cn1.c1cnc2cc[nH]c2c1. The number of fused-ring (bicyclic) bond motifs is 3. The van der Waals surface area contributed by atoms with Gasteiger partial charge in [0, 0.05) is 59.7 Å². The van der Waals surface area contributed by atoms with Crippen molar-refractivity contribution in [3.8, 4) is 0 Å². The van der Waals surface area contributed by atoms with Crippen LogP contribution in [0.4, 0.5) is 0 Å². The van der Waals surface area contributed by atoms with Crippen LogP contribution >= 0.6 is 0 Å². The lowest BCUT2D eigenvalue weighted by atomic mass is 10.3. The van der Waals surface area contributed by atoms with Crippen LogP contribution in [0.25, 0.3) is 32.8 Å². The van der Waals surface area contributed by atoms with Crippen molar-refractivity contribution in [2.24, 2.45) is 0 Å². The van der Waals surface area contributed by atoms with Crippen LogP contribution in [0.3, 0.4) is 0 Å². The third kappa shape index (κ3) is 4.01. The molecule has 6 rings (SSSR count). The number of hydrogen-bond donors (Lipinski definition) is 3. The van der Waals surface area contributed by atoms with Gasteiger partial charge in [-0.15, -0.1) is 0 Å². The number of rotatable bonds is 0. The van der Waals surface area contributed by atoms with Crippen LogP contribution < -0.4 is 0 Å². The topological polar surface area (TPSA) is 86.0 Å². The number of hydrogen-bond acceptors (Lipinski definition) is 3. The highest BCUT2D eigenvalue weighted by Crippen LogP contribution is 2.08. The third-order valence-electron chi connectivity index (χ3n) is 4.03. The Morgan fingerprint density at radius 3 is 2.15 bits per heavy atom. The molecule has 0 bridgehead atoms. The van der Waals surface area contributed by atoms with Crippen LogP contribution in [0.1, 0.15) is 0 Å². The quantitative estimate of drug-likeness (QED) is 0.370. The number of aromatic amines is 3. The van der Waals surface area contributed by atoms with Crippen molar-refractivity contribution in [3.63, 3.8) is 0 Å². The number of nitrogens with one attached hydrogen (secondary N) is 3. The van der Waals surface area contributed by atoms with Crippen molar-refractivity contribution in [3.05, 3.63) is 92.0 Å². The van der Waals surface area contributed by atoms with E-state index >= 15 is 0 Å². The van der Waals surface area contributed by atoms with Crippen LogP contribution in [-0.4, -0.2) is 29.9 Å². The summed E-state index contributed by atoms with van der Waals surface area (Å²) >= 11 is 0. The van der Waals surface area contributed by atoms with Crippen LogP contribution in [0, 0.1) is 0 Å². The van der Waals surface area contributed by atoms with Gasteiger partial charge in [-0.05, 0) is 42.5 Å². The minimum absolute atomic E-state index is 1.03. The van der Waals surface area contributed by atoms with E-state index < -0.39 is 0 Å². The molecular weight excluding hydrogens is 336 g/mol. The third-order valence-corrected chi connectivity index (χ3v) is 4.03. The molecule has 0 aromatic carbocycles. The fraction of sp³-hybridized carbons (Fsp3) is 0. The molecule has 0 aliphatic rings. The minimum atomic E-state index is 1.03. The van der Waals surface area contributed by atoms with E-state index in [0.29, 0.717) is 0 Å². The van der Waals surface area contributed by atoms with Crippen molar-refractivity contribution in [1.29, 1.82) is 0 Å². The van der Waals surface area contributed by atoms with Gasteiger partial charge in [0.2, 0.25) is 0 Å². The lowest BCUT2D eigenvalue weighted by Gasteiger charge is -1.82. The summed E-state index contributed by atoms with van der Waals surface area (Å²) in [5, 5.41) is 2.38. The molecule has 6 nitrogen and oxygen atoms in total. The second-order valence-electron chi connectivity index (χ2n) is 5.80. The summed E-state index contributed by atoms with van der Waals surface area (Å²) in [6, 6.07) is 13.8. The number of H-pyrrole nitrogens is 3. The summed E-state index contributed by atoms with van der Waals surface area (Å²) < 4.78 is 0. The Kier molecular flexibility index (Phi) is 4.88. The van der Waals surface area contributed by atoms with E-state index in [2.05, 4.69) is 29.9 Å². The Morgan fingerprint density at radius 1 is 0.556 bits per heavy atom. The fourth-order valence-electron chi connectivity index (χ4n) is 2.67. The molecule has 3 N–H and O–H groups in total. The summed E-state index contributed by atoms with van der Waals surface area (Å²) in [7, 11) is 0. The molecule has 0 atom stereocenters. The summed E-state index contributed by atoms with van der Waals surface area (Å²) in [5.41, 5.74) is 4.36. The Morgan fingerprint density at radius 2 is 1.30 bits per heavy atom. The van der Waals surface area contributed by atoms with Gasteiger partial charge in [0.1, 0.15) is 0 Å².